The Balaban J connectivity index is 1.97. The minimum absolute atomic E-state index is 0.0706. The van der Waals surface area contributed by atoms with Crippen LogP contribution in [-0.2, 0) is 16.1 Å². The lowest BCUT2D eigenvalue weighted by Gasteiger charge is -2.31. The summed E-state index contributed by atoms with van der Waals surface area (Å²) in [5.41, 5.74) is 0.625. The summed E-state index contributed by atoms with van der Waals surface area (Å²) in [6.45, 7) is 8.36. The van der Waals surface area contributed by atoms with E-state index in [1.807, 2.05) is 75.4 Å². The van der Waals surface area contributed by atoms with Gasteiger partial charge in [0.25, 0.3) is 0 Å². The molecular formula is C25H34N2O4. The fourth-order valence-corrected chi connectivity index (χ4v) is 3.07. The molecule has 2 amide bonds. The van der Waals surface area contributed by atoms with Gasteiger partial charge in [-0.25, -0.2) is 0 Å². The number of amides is 2. The van der Waals surface area contributed by atoms with E-state index in [2.05, 4.69) is 5.32 Å². The zero-order valence-electron chi connectivity index (χ0n) is 19.2. The fourth-order valence-electron chi connectivity index (χ4n) is 3.07. The molecule has 6 heteroatoms. The average molecular weight is 427 g/mol. The molecule has 0 bridgehead atoms. The van der Waals surface area contributed by atoms with E-state index < -0.39 is 6.04 Å². The van der Waals surface area contributed by atoms with E-state index >= 15 is 0 Å². The highest BCUT2D eigenvalue weighted by atomic mass is 16.5. The van der Waals surface area contributed by atoms with Gasteiger partial charge in [-0.1, -0.05) is 30.3 Å². The van der Waals surface area contributed by atoms with Crippen molar-refractivity contribution in [1.29, 1.82) is 0 Å². The second kappa shape index (κ2) is 11.4. The van der Waals surface area contributed by atoms with Crippen LogP contribution >= 0.6 is 0 Å². The van der Waals surface area contributed by atoms with Crippen molar-refractivity contribution in [3.8, 4) is 11.5 Å². The highest BCUT2D eigenvalue weighted by Crippen LogP contribution is 2.18. The van der Waals surface area contributed by atoms with Gasteiger partial charge in [0, 0.05) is 18.5 Å². The Labute approximate surface area is 185 Å². The molecule has 168 valence electrons. The van der Waals surface area contributed by atoms with Crippen LogP contribution in [0.3, 0.4) is 0 Å². The third-order valence-electron chi connectivity index (χ3n) is 4.72. The zero-order valence-corrected chi connectivity index (χ0v) is 19.2. The molecule has 2 aromatic rings. The Morgan fingerprint density at radius 1 is 1.00 bits per heavy atom. The molecule has 0 heterocycles. The first kappa shape index (κ1) is 24.3. The molecule has 0 aliphatic rings. The summed E-state index contributed by atoms with van der Waals surface area (Å²) in [5.74, 6) is 1.26. The summed E-state index contributed by atoms with van der Waals surface area (Å²) in [5, 5.41) is 2.97. The van der Waals surface area contributed by atoms with Gasteiger partial charge in [-0.05, 0) is 63.9 Å². The smallest absolute Gasteiger partial charge is 0.242 e. The van der Waals surface area contributed by atoms with Gasteiger partial charge in [-0.3, -0.25) is 9.59 Å². The van der Waals surface area contributed by atoms with E-state index in [9.17, 15) is 9.59 Å². The minimum Gasteiger partial charge on any atom is -0.497 e. The van der Waals surface area contributed by atoms with Crippen LogP contribution in [0.1, 0.15) is 46.1 Å². The molecular weight excluding hydrogens is 392 g/mol. The van der Waals surface area contributed by atoms with Crippen LogP contribution in [-0.4, -0.2) is 42.0 Å². The third kappa shape index (κ3) is 8.32. The summed E-state index contributed by atoms with van der Waals surface area (Å²) < 4.78 is 10.9. The molecule has 0 aliphatic carbocycles. The first-order chi connectivity index (χ1) is 14.7. The fraction of sp³-hybridized carbons (Fsp3) is 0.440. The lowest BCUT2D eigenvalue weighted by molar-refractivity contribution is -0.141. The number of ether oxygens (including phenoxy) is 2. The van der Waals surface area contributed by atoms with Crippen molar-refractivity contribution in [2.24, 2.45) is 0 Å². The van der Waals surface area contributed by atoms with Crippen LogP contribution in [0.2, 0.25) is 0 Å². The average Bonchev–Trinajstić information content (AvgIpc) is 2.74. The highest BCUT2D eigenvalue weighted by molar-refractivity contribution is 5.87. The van der Waals surface area contributed by atoms with Crippen LogP contribution in [0.15, 0.2) is 54.6 Å². The largest absolute Gasteiger partial charge is 0.497 e. The lowest BCUT2D eigenvalue weighted by atomic mass is 10.1. The van der Waals surface area contributed by atoms with Crippen LogP contribution in [0.5, 0.6) is 11.5 Å². The lowest BCUT2D eigenvalue weighted by Crippen LogP contribution is -2.52. The quantitative estimate of drug-likeness (QED) is 0.579. The molecule has 0 radical (unpaired) electrons. The Hall–Kier alpha value is -3.02. The molecule has 0 saturated heterocycles. The SMILES string of the molecule is COc1ccc(OCCCC(=O)N(Cc2ccccc2)C(C)C(=O)NC(C)(C)C)cc1. The van der Waals surface area contributed by atoms with E-state index in [0.29, 0.717) is 26.0 Å². The van der Waals surface area contributed by atoms with Gasteiger partial charge in [0.05, 0.1) is 13.7 Å². The van der Waals surface area contributed by atoms with E-state index in [1.165, 1.54) is 0 Å². The topological polar surface area (TPSA) is 67.9 Å². The van der Waals surface area contributed by atoms with Crippen molar-refractivity contribution in [1.82, 2.24) is 10.2 Å². The first-order valence-corrected chi connectivity index (χ1v) is 10.6. The van der Waals surface area contributed by atoms with Gasteiger partial charge < -0.3 is 19.7 Å². The van der Waals surface area contributed by atoms with Crippen molar-refractivity contribution in [2.75, 3.05) is 13.7 Å². The molecule has 31 heavy (non-hydrogen) atoms. The Kier molecular flexibility index (Phi) is 8.91. The Morgan fingerprint density at radius 2 is 1.61 bits per heavy atom. The Bertz CT molecular complexity index is 829. The van der Waals surface area contributed by atoms with Crippen molar-refractivity contribution < 1.29 is 19.1 Å². The van der Waals surface area contributed by atoms with Crippen molar-refractivity contribution >= 4 is 11.8 Å². The molecule has 1 unspecified atom stereocenters. The predicted octanol–water partition coefficient (Wildman–Crippen LogP) is 4.19. The van der Waals surface area contributed by atoms with Gasteiger partial charge in [-0.2, -0.15) is 0 Å². The maximum absolute atomic E-state index is 13.0. The monoisotopic (exact) mass is 426 g/mol. The molecule has 1 atom stereocenters. The van der Waals surface area contributed by atoms with Gasteiger partial charge in [0.2, 0.25) is 11.8 Å². The van der Waals surface area contributed by atoms with Crippen LogP contribution in [0, 0.1) is 0 Å². The molecule has 0 saturated carbocycles. The van der Waals surface area contributed by atoms with Crippen molar-refractivity contribution in [3.63, 3.8) is 0 Å². The maximum atomic E-state index is 13.0. The van der Waals surface area contributed by atoms with Crippen LogP contribution in [0.4, 0.5) is 0 Å². The number of hydrogen-bond donors (Lipinski definition) is 1. The van der Waals surface area contributed by atoms with Gasteiger partial charge >= 0.3 is 0 Å². The molecule has 0 aliphatic heterocycles. The van der Waals surface area contributed by atoms with Crippen molar-refractivity contribution in [3.05, 3.63) is 60.2 Å². The molecule has 0 spiro atoms. The number of rotatable bonds is 10. The summed E-state index contributed by atoms with van der Waals surface area (Å²) >= 11 is 0. The Morgan fingerprint density at radius 3 is 2.19 bits per heavy atom. The maximum Gasteiger partial charge on any atom is 0.242 e. The van der Waals surface area contributed by atoms with Gasteiger partial charge in [-0.15, -0.1) is 0 Å². The molecule has 2 aromatic carbocycles. The van der Waals surface area contributed by atoms with E-state index in [4.69, 9.17) is 9.47 Å². The van der Waals surface area contributed by atoms with Crippen LogP contribution in [0.25, 0.3) is 0 Å². The minimum atomic E-state index is -0.575. The first-order valence-electron chi connectivity index (χ1n) is 10.6. The van der Waals surface area contributed by atoms with E-state index in [1.54, 1.807) is 18.9 Å². The number of nitrogens with one attached hydrogen (secondary N) is 1. The second-order valence-corrected chi connectivity index (χ2v) is 8.55. The van der Waals surface area contributed by atoms with Gasteiger partial charge in [0.15, 0.2) is 0 Å². The van der Waals surface area contributed by atoms with Crippen molar-refractivity contribution in [2.45, 2.75) is 58.7 Å². The number of methoxy groups -OCH3 is 1. The number of carbonyl (C=O) groups is 2. The molecule has 0 fully saturated rings. The summed E-state index contributed by atoms with van der Waals surface area (Å²) in [4.78, 5) is 27.4. The predicted molar refractivity (Wildman–Crippen MR) is 122 cm³/mol. The summed E-state index contributed by atoms with van der Waals surface area (Å²) in [7, 11) is 1.62. The molecule has 1 N–H and O–H groups in total. The third-order valence-corrected chi connectivity index (χ3v) is 4.72. The second-order valence-electron chi connectivity index (χ2n) is 8.55. The molecule has 6 nitrogen and oxygen atoms in total. The number of hydrogen-bond acceptors (Lipinski definition) is 4. The summed E-state index contributed by atoms with van der Waals surface area (Å²) in [6.07, 6.45) is 0.861. The highest BCUT2D eigenvalue weighted by Gasteiger charge is 2.28. The van der Waals surface area contributed by atoms with Gasteiger partial charge in [0.1, 0.15) is 17.5 Å². The normalized spacial score (nSPS) is 12.0. The number of benzene rings is 2. The zero-order chi connectivity index (χ0) is 22.9. The number of carbonyl (C=O) groups excluding carboxylic acids is 2. The number of nitrogens with zero attached hydrogens (tertiary/aromatic N) is 1. The summed E-state index contributed by atoms with van der Waals surface area (Å²) in [6, 6.07) is 16.5. The standard InChI is InChI=1S/C25H34N2O4/c1-19(24(29)26-25(2,3)4)27(18-20-10-7-6-8-11-20)23(28)12-9-17-31-22-15-13-21(30-5)14-16-22/h6-8,10-11,13-16,19H,9,12,17-18H2,1-5H3,(H,26,29). The van der Waals surface area contributed by atoms with E-state index in [-0.39, 0.29) is 17.4 Å². The van der Waals surface area contributed by atoms with Crippen LogP contribution < -0.4 is 14.8 Å². The molecule has 2 rings (SSSR count). The van der Waals surface area contributed by atoms with E-state index in [0.717, 1.165) is 17.1 Å². The molecule has 0 aromatic heterocycles.